The maximum absolute atomic E-state index is 10.5. The molecule has 0 atom stereocenters. The second kappa shape index (κ2) is 11.5. The Kier molecular flexibility index (Phi) is 7.68. The van der Waals surface area contributed by atoms with Crippen molar-refractivity contribution in [2.75, 3.05) is 12.0 Å². The number of benzene rings is 3. The van der Waals surface area contributed by atoms with E-state index in [1.807, 2.05) is 38.1 Å². The largest absolute Gasteiger partial charge is 0.507 e. The zero-order valence-corrected chi connectivity index (χ0v) is 21.9. The average Bonchev–Trinajstić information content (AvgIpc) is 3.59. The molecule has 5 nitrogen and oxygen atoms in total. The summed E-state index contributed by atoms with van der Waals surface area (Å²) in [6.45, 7) is 5.37. The maximum Gasteiger partial charge on any atom is 0.138 e. The number of thiophene rings is 1. The fraction of sp³-hybridized carbons (Fsp3) is 0.194. The number of fused-ring (bicyclic) bond motifs is 2. The summed E-state index contributed by atoms with van der Waals surface area (Å²) < 4.78 is 7.48. The van der Waals surface area contributed by atoms with E-state index in [0.29, 0.717) is 12.2 Å². The van der Waals surface area contributed by atoms with Gasteiger partial charge in [0.25, 0.3) is 0 Å². The minimum absolute atomic E-state index is 0.211. The number of hydrazine groups is 1. The molecule has 6 heteroatoms. The third-order valence-corrected chi connectivity index (χ3v) is 7.37. The Morgan fingerprint density at radius 1 is 0.973 bits per heavy atom. The van der Waals surface area contributed by atoms with Gasteiger partial charge in [0.1, 0.15) is 11.5 Å². The van der Waals surface area contributed by atoms with Crippen molar-refractivity contribution in [1.29, 1.82) is 0 Å². The Morgan fingerprint density at radius 2 is 1.81 bits per heavy atom. The lowest BCUT2D eigenvalue weighted by Crippen LogP contribution is -2.10. The van der Waals surface area contributed by atoms with Crippen LogP contribution in [-0.4, -0.2) is 16.7 Å². The van der Waals surface area contributed by atoms with Gasteiger partial charge in [0.05, 0.1) is 24.2 Å². The summed E-state index contributed by atoms with van der Waals surface area (Å²) >= 11 is 1.80. The number of hydrogen-bond donors (Lipinski definition) is 3. The molecule has 5 aromatic rings. The lowest BCUT2D eigenvalue weighted by molar-refractivity contribution is 0.310. The van der Waals surface area contributed by atoms with Gasteiger partial charge < -0.3 is 15.3 Å². The van der Waals surface area contributed by atoms with Crippen molar-refractivity contribution in [3.05, 3.63) is 95.5 Å². The monoisotopic (exact) mass is 509 g/mol. The molecule has 0 spiro atoms. The van der Waals surface area contributed by atoms with E-state index >= 15 is 0 Å². The molecular weight excluding hydrogens is 478 g/mol. The molecule has 2 aromatic heterocycles. The first kappa shape index (κ1) is 24.8. The molecule has 0 fully saturated rings. The molecule has 6 rings (SSSR count). The number of nitrogens with zero attached hydrogens (tertiary/aromatic N) is 1. The molecule has 0 unspecified atom stereocenters. The molecular formula is C31H31N3O2S. The quantitative estimate of drug-likeness (QED) is 0.195. The zero-order chi connectivity index (χ0) is 25.6. The van der Waals surface area contributed by atoms with Crippen LogP contribution >= 0.6 is 11.3 Å². The van der Waals surface area contributed by atoms with Crippen molar-refractivity contribution in [1.82, 2.24) is 10.4 Å². The van der Waals surface area contributed by atoms with Crippen LogP contribution in [0.2, 0.25) is 0 Å². The molecule has 3 aromatic carbocycles. The predicted molar refractivity (Wildman–Crippen MR) is 154 cm³/mol. The molecule has 0 saturated carbocycles. The van der Waals surface area contributed by atoms with Crippen LogP contribution in [0.15, 0.2) is 84.4 Å². The number of pyridine rings is 1. The summed E-state index contributed by atoms with van der Waals surface area (Å²) in [7, 11) is 0. The lowest BCUT2D eigenvalue weighted by Gasteiger charge is -2.14. The lowest BCUT2D eigenvalue weighted by atomic mass is 9.97. The maximum atomic E-state index is 10.5. The Balaban J connectivity index is 0.00000137. The minimum Gasteiger partial charge on any atom is -0.507 e. The fourth-order valence-corrected chi connectivity index (χ4v) is 5.57. The second-order valence-corrected chi connectivity index (χ2v) is 9.56. The number of nitrogens with one attached hydrogen (secondary N) is 2. The average molecular weight is 510 g/mol. The summed E-state index contributed by atoms with van der Waals surface area (Å²) in [6, 6.07) is 24.2. The van der Waals surface area contributed by atoms with E-state index in [0.717, 1.165) is 47.6 Å². The van der Waals surface area contributed by atoms with Gasteiger partial charge in [0, 0.05) is 22.4 Å². The number of para-hydroxylation sites is 1. The van der Waals surface area contributed by atoms with Gasteiger partial charge in [-0.05, 0) is 76.7 Å². The SMILES string of the molecule is CC.Oc1ccccc1-c1ncc(OCCCc2csc3ccccc23)cc1-c1ccc2c(c1)CNN2. The summed E-state index contributed by atoms with van der Waals surface area (Å²) in [4.78, 5) is 4.73. The van der Waals surface area contributed by atoms with E-state index in [9.17, 15) is 5.11 Å². The van der Waals surface area contributed by atoms with E-state index < -0.39 is 0 Å². The number of anilines is 1. The van der Waals surface area contributed by atoms with Crippen LogP contribution in [0.5, 0.6) is 11.5 Å². The van der Waals surface area contributed by atoms with Gasteiger partial charge in [-0.3, -0.25) is 4.98 Å². The van der Waals surface area contributed by atoms with Crippen LogP contribution in [0.3, 0.4) is 0 Å². The van der Waals surface area contributed by atoms with Gasteiger partial charge in [0.15, 0.2) is 0 Å². The first-order valence-electron chi connectivity index (χ1n) is 12.7. The Bertz CT molecular complexity index is 1510. The highest BCUT2D eigenvalue weighted by molar-refractivity contribution is 7.17. The minimum atomic E-state index is 0.211. The summed E-state index contributed by atoms with van der Waals surface area (Å²) in [6.07, 6.45) is 3.65. The van der Waals surface area contributed by atoms with E-state index in [1.165, 1.54) is 21.2 Å². The fourth-order valence-electron chi connectivity index (χ4n) is 4.58. The van der Waals surface area contributed by atoms with Gasteiger partial charge >= 0.3 is 0 Å². The van der Waals surface area contributed by atoms with Crippen LogP contribution < -0.4 is 15.6 Å². The van der Waals surface area contributed by atoms with E-state index in [1.54, 1.807) is 23.6 Å². The van der Waals surface area contributed by atoms with Gasteiger partial charge in [-0.25, -0.2) is 5.43 Å². The Labute approximate surface area is 221 Å². The summed E-state index contributed by atoms with van der Waals surface area (Å²) in [5, 5.41) is 14.1. The molecule has 188 valence electrons. The van der Waals surface area contributed by atoms with Crippen molar-refractivity contribution in [3.8, 4) is 33.9 Å². The van der Waals surface area contributed by atoms with Crippen LogP contribution in [0, 0.1) is 0 Å². The molecule has 1 aliphatic heterocycles. The number of hydrogen-bond acceptors (Lipinski definition) is 6. The Hall–Kier alpha value is -3.87. The van der Waals surface area contributed by atoms with Crippen LogP contribution in [0.25, 0.3) is 32.5 Å². The number of ether oxygens (including phenoxy) is 1. The summed E-state index contributed by atoms with van der Waals surface area (Å²) in [5.74, 6) is 0.938. The van der Waals surface area contributed by atoms with E-state index in [2.05, 4.69) is 58.7 Å². The molecule has 0 saturated heterocycles. The number of rotatable bonds is 7. The predicted octanol–water partition coefficient (Wildman–Crippen LogP) is 7.80. The third-order valence-electron chi connectivity index (χ3n) is 6.36. The molecule has 0 radical (unpaired) electrons. The molecule has 0 amide bonds. The molecule has 37 heavy (non-hydrogen) atoms. The van der Waals surface area contributed by atoms with Crippen molar-refractivity contribution in [3.63, 3.8) is 0 Å². The van der Waals surface area contributed by atoms with Gasteiger partial charge in [-0.1, -0.05) is 50.2 Å². The third kappa shape index (κ3) is 5.31. The molecule has 1 aliphatic rings. The highest BCUT2D eigenvalue weighted by atomic mass is 32.1. The number of phenolic OH excluding ortho intramolecular Hbond substituents is 1. The molecule has 0 aliphatic carbocycles. The van der Waals surface area contributed by atoms with E-state index in [4.69, 9.17) is 9.72 Å². The molecule has 0 bridgehead atoms. The first-order valence-corrected chi connectivity index (χ1v) is 13.6. The van der Waals surface area contributed by atoms with Crippen molar-refractivity contribution >= 4 is 27.1 Å². The Morgan fingerprint density at radius 3 is 2.70 bits per heavy atom. The van der Waals surface area contributed by atoms with Gasteiger partial charge in [-0.2, -0.15) is 0 Å². The van der Waals surface area contributed by atoms with Crippen molar-refractivity contribution < 1.29 is 9.84 Å². The first-order chi connectivity index (χ1) is 18.3. The molecule has 3 heterocycles. The summed E-state index contributed by atoms with van der Waals surface area (Å²) in [5.41, 5.74) is 13.4. The molecule has 3 N–H and O–H groups in total. The van der Waals surface area contributed by atoms with Crippen LogP contribution in [0.4, 0.5) is 5.69 Å². The topological polar surface area (TPSA) is 66.4 Å². The van der Waals surface area contributed by atoms with E-state index in [-0.39, 0.29) is 5.75 Å². The number of aromatic nitrogens is 1. The van der Waals surface area contributed by atoms with Crippen LogP contribution in [0.1, 0.15) is 31.4 Å². The van der Waals surface area contributed by atoms with Gasteiger partial charge in [0.2, 0.25) is 0 Å². The zero-order valence-electron chi connectivity index (χ0n) is 21.1. The van der Waals surface area contributed by atoms with Crippen molar-refractivity contribution in [2.45, 2.75) is 33.2 Å². The number of phenols is 1. The van der Waals surface area contributed by atoms with Crippen LogP contribution in [-0.2, 0) is 13.0 Å². The second-order valence-electron chi connectivity index (χ2n) is 8.64. The number of aromatic hydroxyl groups is 1. The normalized spacial score (nSPS) is 11.9. The van der Waals surface area contributed by atoms with Crippen molar-refractivity contribution in [2.24, 2.45) is 0 Å². The van der Waals surface area contributed by atoms with Gasteiger partial charge in [-0.15, -0.1) is 11.3 Å². The number of aryl methyl sites for hydroxylation is 1. The highest BCUT2D eigenvalue weighted by Gasteiger charge is 2.17. The standard InChI is InChI=1S/C29H25N3O2S.C2H6/c33-27-9-3-1-8-24(27)29-25(19-11-12-26-21(14-19)16-31-32-26)15-22(17-30-29)34-13-5-6-20-18-35-28-10-4-2-7-23(20)28;1-2/h1-4,7-12,14-15,17-18,31-33H,5-6,13,16H2;1-2H3. The highest BCUT2D eigenvalue weighted by Crippen LogP contribution is 2.38. The smallest absolute Gasteiger partial charge is 0.138 e.